The second-order valence-electron chi connectivity index (χ2n) is 6.86. The van der Waals surface area contributed by atoms with Crippen LogP contribution < -0.4 is 5.32 Å². The van der Waals surface area contributed by atoms with Crippen LogP contribution in [0.3, 0.4) is 0 Å². The number of hydrogen-bond donors (Lipinski definition) is 4. The van der Waals surface area contributed by atoms with Gasteiger partial charge in [-0.15, -0.1) is 0 Å². The maximum absolute atomic E-state index is 8.66. The first kappa shape index (κ1) is 27.8. The topological polar surface area (TPSA) is 72.7 Å². The monoisotopic (exact) mass is 373 g/mol. The molecule has 0 bridgehead atoms. The van der Waals surface area contributed by atoms with Crippen LogP contribution >= 0.6 is 0 Å². The first-order valence-corrected chi connectivity index (χ1v) is 11.0. The van der Waals surface area contributed by atoms with Crippen molar-refractivity contribution in [1.29, 1.82) is 0 Å². The zero-order chi connectivity index (χ0) is 19.6. The van der Waals surface area contributed by atoms with Crippen molar-refractivity contribution in [2.45, 2.75) is 96.8 Å². The summed E-state index contributed by atoms with van der Waals surface area (Å²) in [5, 5.41) is 27.7. The number of rotatable bonds is 19. The first-order chi connectivity index (χ1) is 12.8. The molecule has 0 saturated heterocycles. The molecule has 0 amide bonds. The first-order valence-electron chi connectivity index (χ1n) is 11.0. The lowest BCUT2D eigenvalue weighted by atomic mass is 10.1. The molecule has 0 spiro atoms. The lowest BCUT2D eigenvalue weighted by Gasteiger charge is -1.99. The molecule has 0 aromatic carbocycles. The minimum Gasteiger partial charge on any atom is -0.396 e. The van der Waals surface area contributed by atoms with Crippen molar-refractivity contribution in [3.05, 3.63) is 12.2 Å². The predicted molar refractivity (Wildman–Crippen MR) is 114 cm³/mol. The zero-order valence-corrected chi connectivity index (χ0v) is 17.4. The number of unbranched alkanes of at least 4 members (excludes halogenated alkanes) is 12. The fourth-order valence-electron chi connectivity index (χ4n) is 2.64. The van der Waals surface area contributed by atoms with E-state index in [-0.39, 0.29) is 13.2 Å². The van der Waals surface area contributed by atoms with Crippen molar-refractivity contribution in [2.75, 3.05) is 32.9 Å². The van der Waals surface area contributed by atoms with E-state index in [1.54, 1.807) is 0 Å². The van der Waals surface area contributed by atoms with E-state index in [0.29, 0.717) is 19.7 Å². The van der Waals surface area contributed by atoms with Crippen molar-refractivity contribution in [2.24, 2.45) is 0 Å². The highest BCUT2D eigenvalue weighted by atomic mass is 16.3. The van der Waals surface area contributed by atoms with Gasteiger partial charge in [-0.05, 0) is 32.1 Å². The number of aliphatic hydroxyl groups excluding tert-OH is 3. The van der Waals surface area contributed by atoms with E-state index in [1.807, 2.05) is 0 Å². The number of allylic oxidation sites excluding steroid dienone is 2. The predicted octanol–water partition coefficient (Wildman–Crippen LogP) is 4.58. The minimum atomic E-state index is 0.139. The molecular formula is C22H47NO3. The van der Waals surface area contributed by atoms with E-state index in [9.17, 15) is 0 Å². The van der Waals surface area contributed by atoms with Gasteiger partial charge in [-0.2, -0.15) is 0 Å². The standard InChI is InChI=1S/C18H36O.C4H11NO2/c1-2-3-4-5-6-7-8-9-10-11-12-13-14-15-16-17-18-19;6-3-1-5-2-4-7/h9-10,19H,2-8,11-18H2,1H3;5-7H,1-4H2/b10-9-;. The molecule has 158 valence electrons. The Balaban J connectivity index is 0. The van der Waals surface area contributed by atoms with Crippen LogP contribution in [0, 0.1) is 0 Å². The van der Waals surface area contributed by atoms with Crippen molar-refractivity contribution in [1.82, 2.24) is 5.32 Å². The Kier molecular flexibility index (Phi) is 31.4. The summed E-state index contributed by atoms with van der Waals surface area (Å²) in [7, 11) is 0. The molecule has 4 nitrogen and oxygen atoms in total. The Bertz CT molecular complexity index is 244. The number of aliphatic hydroxyl groups is 3. The molecule has 0 rings (SSSR count). The maximum atomic E-state index is 8.66. The minimum absolute atomic E-state index is 0.139. The Morgan fingerprint density at radius 2 is 0.962 bits per heavy atom. The highest BCUT2D eigenvalue weighted by Crippen LogP contribution is 2.09. The maximum Gasteiger partial charge on any atom is 0.0555 e. The number of nitrogens with one attached hydrogen (secondary N) is 1. The lowest BCUT2D eigenvalue weighted by Crippen LogP contribution is -2.21. The molecule has 0 unspecified atom stereocenters. The molecule has 0 fully saturated rings. The van der Waals surface area contributed by atoms with E-state index in [1.165, 1.54) is 83.5 Å². The van der Waals surface area contributed by atoms with Gasteiger partial charge in [0.1, 0.15) is 0 Å². The van der Waals surface area contributed by atoms with E-state index in [4.69, 9.17) is 15.3 Å². The molecule has 0 aromatic rings. The molecule has 4 heteroatoms. The molecule has 26 heavy (non-hydrogen) atoms. The molecule has 0 saturated carbocycles. The van der Waals surface area contributed by atoms with Gasteiger partial charge < -0.3 is 20.6 Å². The largest absolute Gasteiger partial charge is 0.396 e. The van der Waals surface area contributed by atoms with Crippen LogP contribution in [0.4, 0.5) is 0 Å². The lowest BCUT2D eigenvalue weighted by molar-refractivity contribution is 0.266. The second kappa shape index (κ2) is 29.3. The van der Waals surface area contributed by atoms with Crippen molar-refractivity contribution in [3.8, 4) is 0 Å². The molecular weight excluding hydrogens is 326 g/mol. The van der Waals surface area contributed by atoms with Gasteiger partial charge in [0.2, 0.25) is 0 Å². The van der Waals surface area contributed by atoms with Crippen LogP contribution in [0.1, 0.15) is 96.8 Å². The number of hydrogen-bond acceptors (Lipinski definition) is 4. The Labute approximate surface area is 163 Å². The van der Waals surface area contributed by atoms with E-state index in [2.05, 4.69) is 24.4 Å². The highest BCUT2D eigenvalue weighted by molar-refractivity contribution is 4.81. The van der Waals surface area contributed by atoms with Crippen molar-refractivity contribution in [3.63, 3.8) is 0 Å². The van der Waals surface area contributed by atoms with Gasteiger partial charge in [0.15, 0.2) is 0 Å². The summed E-state index contributed by atoms with van der Waals surface area (Å²) in [6.45, 7) is 4.05. The van der Waals surface area contributed by atoms with Crippen molar-refractivity contribution < 1.29 is 15.3 Å². The van der Waals surface area contributed by atoms with Gasteiger partial charge in [0, 0.05) is 19.7 Å². The van der Waals surface area contributed by atoms with Crippen LogP contribution in [-0.4, -0.2) is 48.2 Å². The zero-order valence-electron chi connectivity index (χ0n) is 17.4. The molecule has 4 N–H and O–H groups in total. The summed E-state index contributed by atoms with van der Waals surface area (Å²) in [6.07, 6.45) is 23.2. The second-order valence-corrected chi connectivity index (χ2v) is 6.86. The van der Waals surface area contributed by atoms with E-state index >= 15 is 0 Å². The average molecular weight is 374 g/mol. The summed E-state index contributed by atoms with van der Waals surface area (Å²) in [5.74, 6) is 0. The fourth-order valence-corrected chi connectivity index (χ4v) is 2.64. The molecule has 0 aromatic heterocycles. The van der Waals surface area contributed by atoms with Crippen LogP contribution in [0.2, 0.25) is 0 Å². The van der Waals surface area contributed by atoms with Gasteiger partial charge in [-0.3, -0.25) is 0 Å². The van der Waals surface area contributed by atoms with Gasteiger partial charge >= 0.3 is 0 Å². The van der Waals surface area contributed by atoms with Crippen LogP contribution in [0.5, 0.6) is 0 Å². The van der Waals surface area contributed by atoms with Crippen LogP contribution in [0.25, 0.3) is 0 Å². The third-order valence-electron chi connectivity index (χ3n) is 4.25. The van der Waals surface area contributed by atoms with Crippen molar-refractivity contribution >= 4 is 0 Å². The van der Waals surface area contributed by atoms with Crippen LogP contribution in [0.15, 0.2) is 12.2 Å². The average Bonchev–Trinajstić information content (AvgIpc) is 2.66. The Hall–Kier alpha value is -0.420. The molecule has 0 heterocycles. The quantitative estimate of drug-likeness (QED) is 0.198. The molecule has 0 aliphatic rings. The summed E-state index contributed by atoms with van der Waals surface area (Å²) < 4.78 is 0. The smallest absolute Gasteiger partial charge is 0.0555 e. The normalized spacial score (nSPS) is 10.9. The van der Waals surface area contributed by atoms with E-state index in [0.717, 1.165) is 6.42 Å². The SMILES string of the molecule is CCCCCCCC/C=C\CCCCCCCCO.OCCNCCO. The highest BCUT2D eigenvalue weighted by Gasteiger charge is 1.90. The van der Waals surface area contributed by atoms with Gasteiger partial charge in [0.25, 0.3) is 0 Å². The third kappa shape index (κ3) is 31.4. The van der Waals surface area contributed by atoms with E-state index < -0.39 is 0 Å². The van der Waals surface area contributed by atoms with Gasteiger partial charge in [-0.1, -0.05) is 76.9 Å². The molecule has 0 radical (unpaired) electrons. The summed E-state index contributed by atoms with van der Waals surface area (Å²) in [5.41, 5.74) is 0. The fraction of sp³-hybridized carbons (Fsp3) is 0.909. The molecule has 0 aliphatic carbocycles. The van der Waals surface area contributed by atoms with Gasteiger partial charge in [0.05, 0.1) is 13.2 Å². The Morgan fingerprint density at radius 3 is 1.38 bits per heavy atom. The molecule has 0 atom stereocenters. The molecule has 0 aliphatic heterocycles. The summed E-state index contributed by atoms with van der Waals surface area (Å²) in [6, 6.07) is 0. The Morgan fingerprint density at radius 1 is 0.538 bits per heavy atom. The van der Waals surface area contributed by atoms with Gasteiger partial charge in [-0.25, -0.2) is 0 Å². The van der Waals surface area contributed by atoms with Crippen LogP contribution in [-0.2, 0) is 0 Å². The summed E-state index contributed by atoms with van der Waals surface area (Å²) in [4.78, 5) is 0. The summed E-state index contributed by atoms with van der Waals surface area (Å²) >= 11 is 0. The third-order valence-corrected chi connectivity index (χ3v) is 4.25.